The lowest BCUT2D eigenvalue weighted by Gasteiger charge is -1.89. The van der Waals surface area contributed by atoms with Crippen LogP contribution in [-0.2, 0) is 6.42 Å². The first kappa shape index (κ1) is 22.5. The van der Waals surface area contributed by atoms with Crippen LogP contribution in [0.2, 0.25) is 0 Å². The molecule has 2 heteroatoms. The first-order valence-corrected chi connectivity index (χ1v) is 6.42. The number of aliphatic hydroxyl groups excluding tert-OH is 1. The van der Waals surface area contributed by atoms with Crippen LogP contribution in [0.5, 0.6) is 0 Å². The molecule has 2 rings (SSSR count). The van der Waals surface area contributed by atoms with E-state index in [-0.39, 0.29) is 5.48 Å². The van der Waals surface area contributed by atoms with Gasteiger partial charge in [0.15, 0.2) is 0 Å². The zero-order chi connectivity index (χ0) is 14.1. The van der Waals surface area contributed by atoms with E-state index in [0.29, 0.717) is 0 Å². The SMILES string of the molecule is CC.CCc1ccccc1.CO.O.c1ccccc1. The summed E-state index contributed by atoms with van der Waals surface area (Å²) in [6.07, 6.45) is 1.14. The van der Waals surface area contributed by atoms with Gasteiger partial charge in [-0.25, -0.2) is 0 Å². The monoisotopic (exact) mass is 264 g/mol. The molecule has 0 spiro atoms. The van der Waals surface area contributed by atoms with Gasteiger partial charge in [0.05, 0.1) is 0 Å². The fraction of sp³-hybridized carbons (Fsp3) is 0.294. The van der Waals surface area contributed by atoms with Crippen molar-refractivity contribution in [3.05, 3.63) is 72.3 Å². The van der Waals surface area contributed by atoms with Crippen molar-refractivity contribution >= 4 is 0 Å². The summed E-state index contributed by atoms with van der Waals surface area (Å²) >= 11 is 0. The van der Waals surface area contributed by atoms with Crippen LogP contribution < -0.4 is 0 Å². The van der Waals surface area contributed by atoms with Crippen LogP contribution in [-0.4, -0.2) is 17.7 Å². The minimum absolute atomic E-state index is 0. The third-order valence-corrected chi connectivity index (χ3v) is 1.92. The van der Waals surface area contributed by atoms with E-state index in [2.05, 4.69) is 31.2 Å². The van der Waals surface area contributed by atoms with E-state index in [4.69, 9.17) is 5.11 Å². The second-order valence-corrected chi connectivity index (χ2v) is 2.99. The molecule has 0 radical (unpaired) electrons. The average Bonchev–Trinajstić information content (AvgIpc) is 2.54. The van der Waals surface area contributed by atoms with E-state index < -0.39 is 0 Å². The molecule has 0 aliphatic carbocycles. The van der Waals surface area contributed by atoms with Gasteiger partial charge in [-0.05, 0) is 12.0 Å². The Kier molecular flexibility index (Phi) is 25.6. The lowest BCUT2D eigenvalue weighted by molar-refractivity contribution is 0.399. The summed E-state index contributed by atoms with van der Waals surface area (Å²) < 4.78 is 0. The topological polar surface area (TPSA) is 51.7 Å². The van der Waals surface area contributed by atoms with Gasteiger partial charge in [0, 0.05) is 7.11 Å². The summed E-state index contributed by atoms with van der Waals surface area (Å²) in [5, 5.41) is 7.00. The van der Waals surface area contributed by atoms with Crippen molar-refractivity contribution in [1.29, 1.82) is 0 Å². The van der Waals surface area contributed by atoms with Gasteiger partial charge >= 0.3 is 0 Å². The van der Waals surface area contributed by atoms with E-state index in [1.165, 1.54) is 5.56 Å². The molecule has 0 unspecified atom stereocenters. The summed E-state index contributed by atoms with van der Waals surface area (Å²) in [5.41, 5.74) is 1.41. The molecule has 2 aromatic rings. The summed E-state index contributed by atoms with van der Waals surface area (Å²) in [7, 11) is 1.00. The van der Waals surface area contributed by atoms with Crippen molar-refractivity contribution in [1.82, 2.24) is 0 Å². The Balaban J connectivity index is -0.000000209. The molecular weight excluding hydrogens is 236 g/mol. The minimum atomic E-state index is 0. The maximum atomic E-state index is 7.00. The van der Waals surface area contributed by atoms with Crippen molar-refractivity contribution in [2.45, 2.75) is 27.2 Å². The first-order valence-electron chi connectivity index (χ1n) is 6.42. The number of aliphatic hydroxyl groups is 1. The Morgan fingerprint density at radius 1 is 0.684 bits per heavy atom. The van der Waals surface area contributed by atoms with E-state index >= 15 is 0 Å². The smallest absolute Gasteiger partial charge is 0.0319 e. The minimum Gasteiger partial charge on any atom is -0.412 e. The predicted octanol–water partition coefficient (Wildman–Crippen LogP) is 3.75. The quantitative estimate of drug-likeness (QED) is 0.838. The first-order chi connectivity index (χ1) is 8.93. The van der Waals surface area contributed by atoms with Gasteiger partial charge in [0.25, 0.3) is 0 Å². The zero-order valence-corrected chi connectivity index (χ0v) is 12.5. The molecular formula is C17H28O2. The van der Waals surface area contributed by atoms with E-state index in [1.54, 1.807) is 0 Å². The van der Waals surface area contributed by atoms with Crippen molar-refractivity contribution in [2.24, 2.45) is 0 Å². The number of rotatable bonds is 1. The van der Waals surface area contributed by atoms with Gasteiger partial charge in [-0.3, -0.25) is 0 Å². The summed E-state index contributed by atoms with van der Waals surface area (Å²) in [6, 6.07) is 22.5. The maximum Gasteiger partial charge on any atom is 0.0319 e. The number of aryl methyl sites for hydroxylation is 1. The molecule has 3 N–H and O–H groups in total. The fourth-order valence-corrected chi connectivity index (χ4v) is 1.10. The molecule has 2 aromatic carbocycles. The fourth-order valence-electron chi connectivity index (χ4n) is 1.10. The Bertz CT molecular complexity index is 293. The molecule has 0 aliphatic heterocycles. The molecule has 19 heavy (non-hydrogen) atoms. The molecule has 0 saturated heterocycles. The molecule has 0 bridgehead atoms. The number of benzene rings is 2. The number of hydrogen-bond acceptors (Lipinski definition) is 1. The maximum absolute atomic E-state index is 7.00. The largest absolute Gasteiger partial charge is 0.412 e. The van der Waals surface area contributed by atoms with Crippen molar-refractivity contribution < 1.29 is 10.6 Å². The van der Waals surface area contributed by atoms with Crippen molar-refractivity contribution in [3.8, 4) is 0 Å². The highest BCUT2D eigenvalue weighted by atomic mass is 16.2. The van der Waals surface area contributed by atoms with Crippen LogP contribution in [0.25, 0.3) is 0 Å². The Morgan fingerprint density at radius 2 is 0.947 bits per heavy atom. The number of hydrogen-bond donors (Lipinski definition) is 1. The zero-order valence-electron chi connectivity index (χ0n) is 12.5. The van der Waals surface area contributed by atoms with Crippen molar-refractivity contribution in [3.63, 3.8) is 0 Å². The molecule has 0 heterocycles. The highest BCUT2D eigenvalue weighted by molar-refractivity contribution is 5.13. The average molecular weight is 264 g/mol. The van der Waals surface area contributed by atoms with Gasteiger partial charge < -0.3 is 10.6 Å². The van der Waals surface area contributed by atoms with Gasteiger partial charge in [-0.2, -0.15) is 0 Å². The summed E-state index contributed by atoms with van der Waals surface area (Å²) in [5.74, 6) is 0. The van der Waals surface area contributed by atoms with Gasteiger partial charge in [0.1, 0.15) is 0 Å². The molecule has 108 valence electrons. The van der Waals surface area contributed by atoms with E-state index in [9.17, 15) is 0 Å². The lowest BCUT2D eigenvalue weighted by Crippen LogP contribution is -1.73. The Hall–Kier alpha value is -1.64. The lowest BCUT2D eigenvalue weighted by atomic mass is 10.2. The third kappa shape index (κ3) is 16.4. The van der Waals surface area contributed by atoms with Crippen molar-refractivity contribution in [2.75, 3.05) is 7.11 Å². The second kappa shape index (κ2) is 21.6. The molecule has 0 aliphatic rings. The summed E-state index contributed by atoms with van der Waals surface area (Å²) in [6.45, 7) is 6.16. The molecule has 0 saturated carbocycles. The van der Waals surface area contributed by atoms with Crippen LogP contribution in [0.4, 0.5) is 0 Å². The van der Waals surface area contributed by atoms with Crippen LogP contribution in [0.15, 0.2) is 66.7 Å². The summed E-state index contributed by atoms with van der Waals surface area (Å²) in [4.78, 5) is 0. The third-order valence-electron chi connectivity index (χ3n) is 1.92. The van der Waals surface area contributed by atoms with Gasteiger partial charge in [-0.1, -0.05) is 87.5 Å². The van der Waals surface area contributed by atoms with Crippen LogP contribution >= 0.6 is 0 Å². The molecule has 0 amide bonds. The highest BCUT2D eigenvalue weighted by Crippen LogP contribution is 1.96. The molecule has 0 aromatic heterocycles. The Morgan fingerprint density at radius 3 is 1.16 bits per heavy atom. The molecule has 0 atom stereocenters. The van der Waals surface area contributed by atoms with Crippen LogP contribution in [0, 0.1) is 0 Å². The highest BCUT2D eigenvalue weighted by Gasteiger charge is 1.79. The second-order valence-electron chi connectivity index (χ2n) is 2.99. The molecule has 0 fully saturated rings. The van der Waals surface area contributed by atoms with Gasteiger partial charge in [0.2, 0.25) is 0 Å². The van der Waals surface area contributed by atoms with Gasteiger partial charge in [-0.15, -0.1) is 0 Å². The molecule has 2 nitrogen and oxygen atoms in total. The van der Waals surface area contributed by atoms with Crippen LogP contribution in [0.1, 0.15) is 26.3 Å². The standard InChI is InChI=1S/C8H10.C6H6.C2H6.CH4O.H2O/c1-2-8-6-4-3-5-7-8;1-2-4-6-5-3-1;2*1-2;/h3-7H,2H2,1H3;1-6H;1-2H3;2H,1H3;1H2. The van der Waals surface area contributed by atoms with E-state index in [0.717, 1.165) is 13.5 Å². The normalized spacial score (nSPS) is 7.00. The van der Waals surface area contributed by atoms with E-state index in [1.807, 2.05) is 56.3 Å². The van der Waals surface area contributed by atoms with Crippen LogP contribution in [0.3, 0.4) is 0 Å². The Labute approximate surface area is 118 Å². The predicted molar refractivity (Wildman–Crippen MR) is 85.4 cm³/mol.